The van der Waals surface area contributed by atoms with Crippen LogP contribution in [0.25, 0.3) is 6.08 Å². The van der Waals surface area contributed by atoms with E-state index >= 15 is 0 Å². The number of nitrogens with one attached hydrogen (secondary N) is 2. The molecular weight excluding hydrogens is 368 g/mol. The van der Waals surface area contributed by atoms with E-state index in [1.807, 2.05) is 30.3 Å². The van der Waals surface area contributed by atoms with E-state index in [4.69, 9.17) is 12.2 Å². The Bertz CT molecular complexity index is 812. The fourth-order valence-electron chi connectivity index (χ4n) is 3.08. The smallest absolute Gasteiger partial charge is 0.221 e. The Morgan fingerprint density at radius 1 is 0.964 bits per heavy atom. The first kappa shape index (κ1) is 20.0. The summed E-state index contributed by atoms with van der Waals surface area (Å²) in [6, 6.07) is 17.9. The molecule has 0 bridgehead atoms. The van der Waals surface area contributed by atoms with Crippen LogP contribution in [0.3, 0.4) is 0 Å². The molecule has 1 aliphatic heterocycles. The van der Waals surface area contributed by atoms with Crippen LogP contribution in [-0.2, 0) is 4.79 Å². The van der Waals surface area contributed by atoms with Gasteiger partial charge in [0.2, 0.25) is 5.91 Å². The highest BCUT2D eigenvalue weighted by Crippen LogP contribution is 2.15. The minimum absolute atomic E-state index is 0.0762. The number of carbonyl (C=O) groups is 1. The van der Waals surface area contributed by atoms with E-state index < -0.39 is 0 Å². The highest BCUT2D eigenvalue weighted by molar-refractivity contribution is 7.80. The van der Waals surface area contributed by atoms with Crippen LogP contribution in [0.1, 0.15) is 12.5 Å². The van der Waals surface area contributed by atoms with E-state index in [0.29, 0.717) is 0 Å². The Hall–Kier alpha value is -2.70. The molecule has 1 amide bonds. The van der Waals surface area contributed by atoms with Crippen molar-refractivity contribution >= 4 is 40.7 Å². The number of anilines is 2. The van der Waals surface area contributed by atoms with Gasteiger partial charge in [-0.2, -0.15) is 0 Å². The molecule has 6 heteroatoms. The lowest BCUT2D eigenvalue weighted by Gasteiger charge is -2.35. The zero-order valence-electron chi connectivity index (χ0n) is 16.1. The molecule has 1 aliphatic rings. The Morgan fingerprint density at radius 3 is 2.18 bits per heavy atom. The van der Waals surface area contributed by atoms with Gasteiger partial charge in [0.1, 0.15) is 0 Å². The lowest BCUT2D eigenvalue weighted by molar-refractivity contribution is -0.114. The number of rotatable bonds is 5. The number of piperazine rings is 1. The van der Waals surface area contributed by atoms with E-state index in [-0.39, 0.29) is 5.91 Å². The number of amides is 1. The molecule has 5 nitrogen and oxygen atoms in total. The standard InChI is InChI=1S/C22H26N4OS/c1-18(27)23-20-9-11-21(12-10-20)24-22(28)26-16-14-25(15-17-26)13-5-8-19-6-3-2-4-7-19/h2-12H,13-17H2,1H3,(H,23,27)(H,24,28)/b8-5+. The maximum Gasteiger partial charge on any atom is 0.221 e. The maximum atomic E-state index is 11.1. The third kappa shape index (κ3) is 6.18. The summed E-state index contributed by atoms with van der Waals surface area (Å²) in [7, 11) is 0. The van der Waals surface area contributed by atoms with Gasteiger partial charge in [0.15, 0.2) is 5.11 Å². The zero-order valence-corrected chi connectivity index (χ0v) is 16.9. The van der Waals surface area contributed by atoms with E-state index in [1.165, 1.54) is 12.5 Å². The fourth-order valence-corrected chi connectivity index (χ4v) is 3.38. The lowest BCUT2D eigenvalue weighted by atomic mass is 10.2. The van der Waals surface area contributed by atoms with Gasteiger partial charge in [-0.1, -0.05) is 42.5 Å². The predicted molar refractivity (Wildman–Crippen MR) is 120 cm³/mol. The van der Waals surface area contributed by atoms with Gasteiger partial charge in [-0.25, -0.2) is 0 Å². The van der Waals surface area contributed by atoms with Crippen LogP contribution in [0.5, 0.6) is 0 Å². The predicted octanol–water partition coefficient (Wildman–Crippen LogP) is 3.67. The molecule has 3 rings (SSSR count). The molecule has 1 heterocycles. The van der Waals surface area contributed by atoms with Gasteiger partial charge in [-0.05, 0) is 42.0 Å². The Balaban J connectivity index is 1.42. The summed E-state index contributed by atoms with van der Waals surface area (Å²) in [5.41, 5.74) is 2.93. The van der Waals surface area contributed by atoms with Crippen molar-refractivity contribution < 1.29 is 4.79 Å². The van der Waals surface area contributed by atoms with E-state index in [0.717, 1.165) is 49.2 Å². The lowest BCUT2D eigenvalue weighted by Crippen LogP contribution is -2.49. The number of carbonyl (C=O) groups excluding carboxylic acids is 1. The van der Waals surface area contributed by atoms with E-state index in [9.17, 15) is 4.79 Å². The summed E-state index contributed by atoms with van der Waals surface area (Å²) in [4.78, 5) is 15.7. The Morgan fingerprint density at radius 2 is 1.57 bits per heavy atom. The summed E-state index contributed by atoms with van der Waals surface area (Å²) < 4.78 is 0. The topological polar surface area (TPSA) is 47.6 Å². The molecule has 1 fully saturated rings. The fraction of sp³-hybridized carbons (Fsp3) is 0.273. The van der Waals surface area contributed by atoms with Gasteiger partial charge < -0.3 is 15.5 Å². The zero-order chi connectivity index (χ0) is 19.8. The van der Waals surface area contributed by atoms with Crippen LogP contribution in [0.15, 0.2) is 60.7 Å². The van der Waals surface area contributed by atoms with Crippen LogP contribution in [0.2, 0.25) is 0 Å². The van der Waals surface area contributed by atoms with Crippen molar-refractivity contribution in [1.29, 1.82) is 0 Å². The van der Waals surface area contributed by atoms with Crippen LogP contribution in [0.4, 0.5) is 11.4 Å². The molecule has 28 heavy (non-hydrogen) atoms. The molecule has 0 atom stereocenters. The molecule has 0 aromatic heterocycles. The van der Waals surface area contributed by atoms with Crippen molar-refractivity contribution in [2.75, 3.05) is 43.4 Å². The number of thiocarbonyl (C=S) groups is 1. The minimum Gasteiger partial charge on any atom is -0.346 e. The van der Waals surface area contributed by atoms with Gasteiger partial charge in [0, 0.05) is 51.0 Å². The van der Waals surface area contributed by atoms with Gasteiger partial charge in [0.25, 0.3) is 0 Å². The summed E-state index contributed by atoms with van der Waals surface area (Å²) in [6.45, 7) is 6.25. The Labute approximate surface area is 172 Å². The molecule has 2 aromatic rings. The maximum absolute atomic E-state index is 11.1. The summed E-state index contributed by atoms with van der Waals surface area (Å²) in [5, 5.41) is 6.79. The number of benzene rings is 2. The van der Waals surface area contributed by atoms with Crippen LogP contribution >= 0.6 is 12.2 Å². The first-order chi connectivity index (χ1) is 13.6. The normalized spacial score (nSPS) is 14.8. The highest BCUT2D eigenvalue weighted by atomic mass is 32.1. The van der Waals surface area contributed by atoms with Crippen molar-refractivity contribution in [2.45, 2.75) is 6.92 Å². The highest BCUT2D eigenvalue weighted by Gasteiger charge is 2.18. The summed E-state index contributed by atoms with van der Waals surface area (Å²) in [6.07, 6.45) is 4.39. The van der Waals surface area contributed by atoms with Gasteiger partial charge in [-0.3, -0.25) is 9.69 Å². The van der Waals surface area contributed by atoms with Gasteiger partial charge in [-0.15, -0.1) is 0 Å². The quantitative estimate of drug-likeness (QED) is 0.758. The van der Waals surface area contributed by atoms with E-state index in [1.54, 1.807) is 0 Å². The van der Waals surface area contributed by atoms with Crippen molar-refractivity contribution in [2.24, 2.45) is 0 Å². The average molecular weight is 395 g/mol. The molecule has 0 unspecified atom stereocenters. The molecular formula is C22H26N4OS. The summed E-state index contributed by atoms with van der Waals surface area (Å²) >= 11 is 5.56. The molecule has 0 spiro atoms. The van der Waals surface area contributed by atoms with Crippen LogP contribution in [0, 0.1) is 0 Å². The first-order valence-electron chi connectivity index (χ1n) is 9.48. The molecule has 0 radical (unpaired) electrons. The second kappa shape index (κ2) is 10.0. The first-order valence-corrected chi connectivity index (χ1v) is 9.88. The largest absolute Gasteiger partial charge is 0.346 e. The second-order valence-electron chi connectivity index (χ2n) is 6.79. The average Bonchev–Trinajstić information content (AvgIpc) is 2.70. The van der Waals surface area contributed by atoms with Crippen molar-refractivity contribution in [3.63, 3.8) is 0 Å². The SMILES string of the molecule is CC(=O)Nc1ccc(NC(=S)N2CCN(C/C=C/c3ccccc3)CC2)cc1. The molecule has 146 valence electrons. The number of hydrogen-bond donors (Lipinski definition) is 2. The van der Waals surface area contributed by atoms with Crippen molar-refractivity contribution in [1.82, 2.24) is 9.80 Å². The third-order valence-electron chi connectivity index (χ3n) is 4.59. The molecule has 0 saturated carbocycles. The molecule has 2 N–H and O–H groups in total. The summed E-state index contributed by atoms with van der Waals surface area (Å²) in [5.74, 6) is -0.0762. The van der Waals surface area contributed by atoms with Crippen molar-refractivity contribution in [3.8, 4) is 0 Å². The van der Waals surface area contributed by atoms with E-state index in [2.05, 4.69) is 56.9 Å². The second-order valence-corrected chi connectivity index (χ2v) is 7.18. The Kier molecular flexibility index (Phi) is 7.17. The van der Waals surface area contributed by atoms with Gasteiger partial charge in [0.05, 0.1) is 0 Å². The van der Waals surface area contributed by atoms with Crippen molar-refractivity contribution in [3.05, 3.63) is 66.2 Å². The third-order valence-corrected chi connectivity index (χ3v) is 4.95. The molecule has 2 aromatic carbocycles. The number of nitrogens with zero attached hydrogens (tertiary/aromatic N) is 2. The monoisotopic (exact) mass is 394 g/mol. The van der Waals surface area contributed by atoms with Gasteiger partial charge >= 0.3 is 0 Å². The molecule has 1 saturated heterocycles. The van der Waals surface area contributed by atoms with Crippen LogP contribution < -0.4 is 10.6 Å². The van der Waals surface area contributed by atoms with Crippen LogP contribution in [-0.4, -0.2) is 53.5 Å². The minimum atomic E-state index is -0.0762. The number of hydrogen-bond acceptors (Lipinski definition) is 3. The molecule has 0 aliphatic carbocycles.